The van der Waals surface area contributed by atoms with E-state index in [0.29, 0.717) is 23.5 Å². The van der Waals surface area contributed by atoms with Crippen LogP contribution in [0.3, 0.4) is 0 Å². The molecule has 1 fully saturated rings. The number of primary sulfonamides is 1. The fraction of sp³-hybridized carbons (Fsp3) is 0.423. The van der Waals surface area contributed by atoms with Crippen molar-refractivity contribution in [2.75, 3.05) is 7.11 Å². The number of nitrogens with one attached hydrogen (secondary N) is 2. The van der Waals surface area contributed by atoms with E-state index in [1.807, 2.05) is 0 Å². The van der Waals surface area contributed by atoms with Crippen LogP contribution < -0.4 is 26.2 Å². The van der Waals surface area contributed by atoms with Gasteiger partial charge in [-0.15, -0.1) is 0 Å². The standard InChI is InChI=1S/C26H34FN5O5S/c1-37-23-14-19(9-12-21(23)27)16-30-25(34)22(13-17-5-3-2-4-6-17)31-26(28)32-24(33)15-18-7-10-20(11-8-18)38(29,35)36/h7-12,14,17,22H,2-6,13,15-16H2,1H3,(H,30,34)(H2,29,35,36)(H3,28,31,32,33)/t22-/m1/s1. The third-order valence-electron chi connectivity index (χ3n) is 6.45. The number of hydrogen-bond acceptors (Lipinski definition) is 6. The van der Waals surface area contributed by atoms with Crippen molar-refractivity contribution < 1.29 is 27.1 Å². The Morgan fingerprint density at radius 1 is 1.11 bits per heavy atom. The summed E-state index contributed by atoms with van der Waals surface area (Å²) in [4.78, 5) is 29.8. The first-order valence-electron chi connectivity index (χ1n) is 12.4. The van der Waals surface area contributed by atoms with Gasteiger partial charge in [0, 0.05) is 6.54 Å². The number of nitrogens with zero attached hydrogens (tertiary/aromatic N) is 1. The minimum atomic E-state index is -3.83. The summed E-state index contributed by atoms with van der Waals surface area (Å²) in [5.41, 5.74) is 7.21. The minimum absolute atomic E-state index is 0.0571. The van der Waals surface area contributed by atoms with Crippen molar-refractivity contribution in [2.45, 2.75) is 62.4 Å². The molecule has 6 N–H and O–H groups in total. The molecule has 1 aliphatic rings. The third kappa shape index (κ3) is 8.80. The van der Waals surface area contributed by atoms with E-state index in [2.05, 4.69) is 15.6 Å². The molecule has 0 aliphatic heterocycles. The van der Waals surface area contributed by atoms with E-state index in [9.17, 15) is 22.4 Å². The average molecular weight is 548 g/mol. The van der Waals surface area contributed by atoms with Gasteiger partial charge in [-0.3, -0.25) is 14.9 Å². The fourth-order valence-electron chi connectivity index (χ4n) is 4.45. The molecule has 1 atom stereocenters. The van der Waals surface area contributed by atoms with Gasteiger partial charge in [-0.2, -0.15) is 0 Å². The van der Waals surface area contributed by atoms with Gasteiger partial charge in [0.25, 0.3) is 0 Å². The Morgan fingerprint density at radius 3 is 2.39 bits per heavy atom. The van der Waals surface area contributed by atoms with Crippen LogP contribution in [-0.4, -0.2) is 39.3 Å². The second-order valence-electron chi connectivity index (χ2n) is 9.37. The van der Waals surface area contributed by atoms with Crippen LogP contribution in [0, 0.1) is 11.7 Å². The summed E-state index contributed by atoms with van der Waals surface area (Å²) >= 11 is 0. The molecule has 0 spiro atoms. The summed E-state index contributed by atoms with van der Waals surface area (Å²) in [5, 5.41) is 10.4. The van der Waals surface area contributed by atoms with Crippen LogP contribution in [0.5, 0.6) is 5.75 Å². The van der Waals surface area contributed by atoms with Gasteiger partial charge in [0.05, 0.1) is 18.4 Å². The lowest BCUT2D eigenvalue weighted by Gasteiger charge is -2.24. The molecule has 12 heteroatoms. The maximum atomic E-state index is 13.7. The lowest BCUT2D eigenvalue weighted by atomic mass is 9.84. The number of amides is 2. The van der Waals surface area contributed by atoms with E-state index in [1.165, 1.54) is 49.9 Å². The summed E-state index contributed by atoms with van der Waals surface area (Å²) in [5.74, 6) is -1.10. The number of aliphatic imine (C=N–C) groups is 1. The molecule has 0 radical (unpaired) electrons. The number of ether oxygens (including phenoxy) is 1. The van der Waals surface area contributed by atoms with Gasteiger partial charge in [0.15, 0.2) is 17.5 Å². The molecular weight excluding hydrogens is 513 g/mol. The van der Waals surface area contributed by atoms with Crippen LogP contribution in [0.15, 0.2) is 52.4 Å². The Hall–Kier alpha value is -3.51. The number of nitrogens with two attached hydrogens (primary N) is 2. The highest BCUT2D eigenvalue weighted by molar-refractivity contribution is 7.89. The second kappa shape index (κ2) is 13.3. The molecule has 10 nitrogen and oxygen atoms in total. The Morgan fingerprint density at radius 2 is 1.76 bits per heavy atom. The molecular formula is C26H34FN5O5S. The first kappa shape index (κ1) is 29.1. The fourth-order valence-corrected chi connectivity index (χ4v) is 4.96. The Kier molecular flexibility index (Phi) is 10.2. The number of carbonyl (C=O) groups excluding carboxylic acids is 2. The quantitative estimate of drug-likeness (QED) is 0.263. The van der Waals surface area contributed by atoms with Crippen molar-refractivity contribution in [3.05, 3.63) is 59.4 Å². The Balaban J connectivity index is 1.65. The van der Waals surface area contributed by atoms with E-state index >= 15 is 0 Å². The molecule has 2 aromatic carbocycles. The van der Waals surface area contributed by atoms with Crippen LogP contribution >= 0.6 is 0 Å². The van der Waals surface area contributed by atoms with Crippen LogP contribution in [-0.2, 0) is 32.6 Å². The maximum Gasteiger partial charge on any atom is 0.245 e. The molecule has 1 aliphatic carbocycles. The molecule has 1 saturated carbocycles. The Bertz CT molecular complexity index is 1260. The van der Waals surface area contributed by atoms with Crippen molar-refractivity contribution >= 4 is 27.8 Å². The summed E-state index contributed by atoms with van der Waals surface area (Å²) in [6, 6.07) is 9.13. The number of guanidine groups is 1. The van der Waals surface area contributed by atoms with Gasteiger partial charge < -0.3 is 15.8 Å². The molecule has 0 aromatic heterocycles. The van der Waals surface area contributed by atoms with Crippen molar-refractivity contribution in [1.82, 2.24) is 10.6 Å². The number of rotatable bonds is 10. The largest absolute Gasteiger partial charge is 0.494 e. The van der Waals surface area contributed by atoms with E-state index in [1.54, 1.807) is 6.07 Å². The van der Waals surface area contributed by atoms with Crippen LogP contribution in [0.1, 0.15) is 49.7 Å². The summed E-state index contributed by atoms with van der Waals surface area (Å²) in [6.45, 7) is 0.146. The second-order valence-corrected chi connectivity index (χ2v) is 10.9. The molecule has 38 heavy (non-hydrogen) atoms. The number of carbonyl (C=O) groups is 2. The van der Waals surface area contributed by atoms with Gasteiger partial charge in [-0.05, 0) is 47.7 Å². The van der Waals surface area contributed by atoms with E-state index in [-0.39, 0.29) is 35.5 Å². The zero-order valence-electron chi connectivity index (χ0n) is 21.3. The molecule has 2 aromatic rings. The maximum absolute atomic E-state index is 13.7. The van der Waals surface area contributed by atoms with Crippen molar-refractivity contribution in [2.24, 2.45) is 21.8 Å². The molecule has 0 heterocycles. The summed E-state index contributed by atoms with van der Waals surface area (Å²) in [7, 11) is -2.46. The highest BCUT2D eigenvalue weighted by atomic mass is 32.2. The number of hydrogen-bond donors (Lipinski definition) is 4. The van der Waals surface area contributed by atoms with Crippen molar-refractivity contribution in [1.29, 1.82) is 0 Å². The predicted molar refractivity (Wildman–Crippen MR) is 141 cm³/mol. The minimum Gasteiger partial charge on any atom is -0.494 e. The predicted octanol–water partition coefficient (Wildman–Crippen LogP) is 2.11. The molecule has 2 amide bonds. The van der Waals surface area contributed by atoms with Gasteiger partial charge in [-0.25, -0.2) is 22.9 Å². The highest BCUT2D eigenvalue weighted by Gasteiger charge is 2.25. The van der Waals surface area contributed by atoms with Gasteiger partial charge >= 0.3 is 0 Å². The average Bonchev–Trinajstić information content (AvgIpc) is 2.88. The molecule has 206 valence electrons. The zero-order valence-corrected chi connectivity index (χ0v) is 22.1. The van der Waals surface area contributed by atoms with Crippen molar-refractivity contribution in [3.8, 4) is 5.75 Å². The highest BCUT2D eigenvalue weighted by Crippen LogP contribution is 2.28. The van der Waals surface area contributed by atoms with E-state index in [0.717, 1.165) is 25.7 Å². The van der Waals surface area contributed by atoms with E-state index in [4.69, 9.17) is 15.6 Å². The SMILES string of the molecule is COc1cc(CNC(=O)[C@@H](CC2CCCCC2)N=C(N)NC(=O)Cc2ccc(S(N)(=O)=O)cc2)ccc1F. The lowest BCUT2D eigenvalue weighted by molar-refractivity contribution is -0.123. The van der Waals surface area contributed by atoms with Gasteiger partial charge in [0.2, 0.25) is 21.8 Å². The Labute approximate surface area is 222 Å². The first-order chi connectivity index (χ1) is 18.0. The third-order valence-corrected chi connectivity index (χ3v) is 7.37. The summed E-state index contributed by atoms with van der Waals surface area (Å²) in [6.07, 6.45) is 5.75. The van der Waals surface area contributed by atoms with Crippen molar-refractivity contribution in [3.63, 3.8) is 0 Å². The zero-order chi connectivity index (χ0) is 27.7. The van der Waals surface area contributed by atoms with Crippen LogP contribution in [0.4, 0.5) is 4.39 Å². The number of halogens is 1. The van der Waals surface area contributed by atoms with Crippen LogP contribution in [0.25, 0.3) is 0 Å². The number of methoxy groups -OCH3 is 1. The molecule has 0 bridgehead atoms. The number of benzene rings is 2. The monoisotopic (exact) mass is 547 g/mol. The molecule has 3 rings (SSSR count). The first-order valence-corrected chi connectivity index (χ1v) is 13.9. The van der Waals surface area contributed by atoms with Gasteiger partial charge in [0.1, 0.15) is 6.04 Å². The van der Waals surface area contributed by atoms with Gasteiger partial charge in [-0.1, -0.05) is 50.3 Å². The molecule has 0 saturated heterocycles. The van der Waals surface area contributed by atoms with E-state index < -0.39 is 27.8 Å². The summed E-state index contributed by atoms with van der Waals surface area (Å²) < 4.78 is 41.5. The smallest absolute Gasteiger partial charge is 0.245 e. The number of sulfonamides is 1. The van der Waals surface area contributed by atoms with Crippen LogP contribution in [0.2, 0.25) is 0 Å². The molecule has 0 unspecified atom stereocenters. The lowest BCUT2D eigenvalue weighted by Crippen LogP contribution is -2.42. The normalized spacial score (nSPS) is 15.5. The topological polar surface area (TPSA) is 166 Å².